The molecule has 0 aromatic heterocycles. The largest absolute Gasteiger partial charge is 0.270 e. The van der Waals surface area contributed by atoms with Crippen LogP contribution in [-0.4, -0.2) is 20.8 Å². The molecule has 0 saturated heterocycles. The van der Waals surface area contributed by atoms with Crippen molar-refractivity contribution < 1.29 is 12.6 Å². The molecule has 0 heterocycles. The van der Waals surface area contributed by atoms with Crippen LogP contribution in [0.1, 0.15) is 123 Å². The van der Waals surface area contributed by atoms with Crippen molar-refractivity contribution >= 4 is 10.1 Å². The summed E-state index contributed by atoms with van der Waals surface area (Å²) in [6.45, 7) is 4.83. The number of hydrogen-bond acceptors (Lipinski definition) is 3. The van der Waals surface area contributed by atoms with E-state index in [1.54, 1.807) is 0 Å². The van der Waals surface area contributed by atoms with E-state index in [2.05, 4.69) is 13.8 Å². The van der Waals surface area contributed by atoms with Crippen molar-refractivity contribution in [2.45, 2.75) is 123 Å². The summed E-state index contributed by atoms with van der Waals surface area (Å²) in [5, 5.41) is 0. The fourth-order valence-electron chi connectivity index (χ4n) is 3.07. The van der Waals surface area contributed by atoms with Crippen molar-refractivity contribution in [1.82, 2.24) is 0 Å². The smallest absolute Gasteiger partial charge is 0.267 e. The van der Waals surface area contributed by atoms with Crippen LogP contribution in [0.4, 0.5) is 0 Å². The third-order valence-electron chi connectivity index (χ3n) is 4.76. The van der Waals surface area contributed by atoms with Crippen LogP contribution < -0.4 is 0 Å². The van der Waals surface area contributed by atoms with Crippen molar-refractivity contribution in [1.29, 1.82) is 0 Å². The average Bonchev–Trinajstić information content (AvgIpc) is 2.59. The summed E-state index contributed by atoms with van der Waals surface area (Å²) in [4.78, 5) is 0. The first-order valence-corrected chi connectivity index (χ1v) is 12.6. The maximum atomic E-state index is 11.8. The predicted octanol–water partition coefficient (Wildman–Crippen LogP) is 7.00. The topological polar surface area (TPSA) is 43.4 Å². The van der Waals surface area contributed by atoms with E-state index in [1.165, 1.54) is 77.0 Å². The summed E-state index contributed by atoms with van der Waals surface area (Å²) >= 11 is 0. The van der Waals surface area contributed by atoms with Crippen LogP contribution in [0, 0.1) is 0 Å². The molecular weight excluding hydrogens is 332 g/mol. The van der Waals surface area contributed by atoms with Gasteiger partial charge in [-0.2, -0.15) is 8.42 Å². The van der Waals surface area contributed by atoms with Gasteiger partial charge in [0.2, 0.25) is 0 Å². The Hall–Kier alpha value is -0.0900. The monoisotopic (exact) mass is 376 g/mol. The van der Waals surface area contributed by atoms with Crippen LogP contribution in [0.2, 0.25) is 0 Å². The normalized spacial score (nSPS) is 11.9. The second-order valence-corrected chi connectivity index (χ2v) is 9.15. The molecule has 0 aromatic carbocycles. The van der Waals surface area contributed by atoms with Crippen molar-refractivity contribution in [2.75, 3.05) is 12.4 Å². The highest BCUT2D eigenvalue weighted by Crippen LogP contribution is 2.12. The first kappa shape index (κ1) is 24.9. The number of unbranched alkanes of at least 4 members (excludes halogenated alkanes) is 15. The number of hydrogen-bond donors (Lipinski definition) is 0. The zero-order chi connectivity index (χ0) is 18.6. The zero-order valence-corrected chi connectivity index (χ0v) is 17.9. The summed E-state index contributed by atoms with van der Waals surface area (Å²) in [6, 6.07) is 0. The van der Waals surface area contributed by atoms with Gasteiger partial charge in [-0.3, -0.25) is 4.18 Å². The lowest BCUT2D eigenvalue weighted by Gasteiger charge is -2.06. The molecule has 0 aromatic rings. The van der Waals surface area contributed by atoms with Gasteiger partial charge in [0.1, 0.15) is 0 Å². The summed E-state index contributed by atoms with van der Waals surface area (Å²) in [7, 11) is -3.29. The molecule has 0 unspecified atom stereocenters. The summed E-state index contributed by atoms with van der Waals surface area (Å²) in [6.07, 6.45) is 20.4. The van der Waals surface area contributed by atoms with Crippen LogP contribution >= 0.6 is 0 Å². The Morgan fingerprint density at radius 3 is 1.32 bits per heavy atom. The fraction of sp³-hybridized carbons (Fsp3) is 1.00. The van der Waals surface area contributed by atoms with Crippen molar-refractivity contribution in [2.24, 2.45) is 0 Å². The Kier molecular flexibility index (Phi) is 18.6. The van der Waals surface area contributed by atoms with Crippen LogP contribution in [0.3, 0.4) is 0 Å². The van der Waals surface area contributed by atoms with E-state index in [1.807, 2.05) is 0 Å². The molecule has 3 nitrogen and oxygen atoms in total. The first-order valence-electron chi connectivity index (χ1n) is 11.0. The maximum Gasteiger partial charge on any atom is 0.267 e. The lowest BCUT2D eigenvalue weighted by atomic mass is 10.1. The Bertz CT molecular complexity index is 352. The highest BCUT2D eigenvalue weighted by atomic mass is 32.2. The van der Waals surface area contributed by atoms with Gasteiger partial charge in [-0.05, 0) is 12.8 Å². The molecule has 0 aliphatic carbocycles. The van der Waals surface area contributed by atoms with Crippen molar-refractivity contribution in [3.05, 3.63) is 0 Å². The molecule has 0 N–H and O–H groups in total. The van der Waals surface area contributed by atoms with Crippen LogP contribution in [0.25, 0.3) is 0 Å². The fourth-order valence-corrected chi connectivity index (χ4v) is 4.12. The van der Waals surface area contributed by atoms with Crippen LogP contribution in [-0.2, 0) is 14.3 Å². The minimum absolute atomic E-state index is 0.194. The van der Waals surface area contributed by atoms with Gasteiger partial charge >= 0.3 is 0 Å². The van der Waals surface area contributed by atoms with Crippen molar-refractivity contribution in [3.63, 3.8) is 0 Å². The minimum Gasteiger partial charge on any atom is -0.270 e. The zero-order valence-electron chi connectivity index (χ0n) is 17.1. The predicted molar refractivity (Wildman–Crippen MR) is 110 cm³/mol. The Morgan fingerprint density at radius 2 is 0.880 bits per heavy atom. The second kappa shape index (κ2) is 18.7. The number of rotatable bonds is 20. The molecule has 25 heavy (non-hydrogen) atoms. The van der Waals surface area contributed by atoms with E-state index >= 15 is 0 Å². The molecular formula is C21H44O3S. The summed E-state index contributed by atoms with van der Waals surface area (Å²) < 4.78 is 28.7. The Balaban J connectivity index is 3.35. The van der Waals surface area contributed by atoms with Gasteiger partial charge in [0.05, 0.1) is 12.4 Å². The molecule has 0 atom stereocenters. The molecule has 0 fully saturated rings. The summed E-state index contributed by atoms with van der Waals surface area (Å²) in [5.74, 6) is 0.194. The first-order chi connectivity index (χ1) is 12.1. The molecule has 0 bridgehead atoms. The molecule has 0 amide bonds. The van der Waals surface area contributed by atoms with Crippen molar-refractivity contribution in [3.8, 4) is 0 Å². The third kappa shape index (κ3) is 20.1. The van der Waals surface area contributed by atoms with Crippen LogP contribution in [0.5, 0.6) is 0 Å². The third-order valence-corrected chi connectivity index (χ3v) is 6.07. The lowest BCUT2D eigenvalue weighted by Crippen LogP contribution is -2.11. The molecule has 0 spiro atoms. The van der Waals surface area contributed by atoms with Gasteiger partial charge < -0.3 is 0 Å². The lowest BCUT2D eigenvalue weighted by molar-refractivity contribution is 0.305. The quantitative estimate of drug-likeness (QED) is 0.170. The van der Waals surface area contributed by atoms with E-state index < -0.39 is 10.1 Å². The molecule has 0 saturated carbocycles. The molecule has 4 heteroatoms. The molecule has 152 valence electrons. The van der Waals surface area contributed by atoms with Gasteiger partial charge in [0, 0.05) is 0 Å². The van der Waals surface area contributed by atoms with Gasteiger partial charge in [-0.15, -0.1) is 0 Å². The van der Waals surface area contributed by atoms with E-state index in [0.29, 0.717) is 6.61 Å². The average molecular weight is 377 g/mol. The van der Waals surface area contributed by atoms with Gasteiger partial charge in [0.15, 0.2) is 0 Å². The Labute approximate surface area is 158 Å². The van der Waals surface area contributed by atoms with Gasteiger partial charge in [0.25, 0.3) is 10.1 Å². The van der Waals surface area contributed by atoms with E-state index in [4.69, 9.17) is 4.18 Å². The maximum absolute atomic E-state index is 11.8. The minimum atomic E-state index is -3.29. The van der Waals surface area contributed by atoms with Gasteiger partial charge in [-0.1, -0.05) is 110 Å². The molecule has 0 rings (SSSR count). The van der Waals surface area contributed by atoms with E-state index in [-0.39, 0.29) is 5.75 Å². The van der Waals surface area contributed by atoms with Crippen LogP contribution in [0.15, 0.2) is 0 Å². The highest BCUT2D eigenvalue weighted by Gasteiger charge is 2.10. The van der Waals surface area contributed by atoms with Gasteiger partial charge in [-0.25, -0.2) is 0 Å². The molecule has 0 aliphatic heterocycles. The Morgan fingerprint density at radius 1 is 0.520 bits per heavy atom. The molecule has 0 radical (unpaired) electrons. The van der Waals surface area contributed by atoms with E-state index in [9.17, 15) is 8.42 Å². The summed E-state index contributed by atoms with van der Waals surface area (Å²) in [5.41, 5.74) is 0. The molecule has 0 aliphatic rings. The van der Waals surface area contributed by atoms with E-state index in [0.717, 1.165) is 32.1 Å². The second-order valence-electron chi connectivity index (χ2n) is 7.39. The highest BCUT2D eigenvalue weighted by molar-refractivity contribution is 7.86. The standard InChI is InChI=1S/C21H44O3S/c1-3-5-7-9-11-12-13-15-17-19-21-25(22,23)24-20-18-16-14-10-8-6-4-2/h3-21H2,1-2H3. The SMILES string of the molecule is CCCCCCCCCCCCS(=O)(=O)OCCCCCCCCC.